The summed E-state index contributed by atoms with van der Waals surface area (Å²) in [6, 6.07) is 7.46. The first-order valence-corrected chi connectivity index (χ1v) is 9.44. The molecule has 132 valence electrons. The largest absolute Gasteiger partial charge is 0.423 e. The molecule has 6 nitrogen and oxygen atoms in total. The zero-order valence-electron chi connectivity index (χ0n) is 14.4. The van der Waals surface area contributed by atoms with E-state index in [4.69, 9.17) is 4.42 Å². The smallest absolute Gasteiger partial charge is 0.343 e. The van der Waals surface area contributed by atoms with Crippen molar-refractivity contribution in [3.63, 3.8) is 0 Å². The van der Waals surface area contributed by atoms with Crippen LogP contribution >= 0.6 is 11.8 Å². The fourth-order valence-electron chi connectivity index (χ4n) is 2.68. The van der Waals surface area contributed by atoms with Crippen LogP contribution in [0.2, 0.25) is 0 Å². The van der Waals surface area contributed by atoms with Crippen LogP contribution in [-0.2, 0) is 18.7 Å². The molecule has 7 heteroatoms. The minimum Gasteiger partial charge on any atom is -0.423 e. The van der Waals surface area contributed by atoms with Crippen LogP contribution in [-0.4, -0.2) is 14.8 Å². The van der Waals surface area contributed by atoms with E-state index in [1.807, 2.05) is 18.2 Å². The summed E-state index contributed by atoms with van der Waals surface area (Å²) in [4.78, 5) is 23.7. The minimum absolute atomic E-state index is 0.194. The van der Waals surface area contributed by atoms with Gasteiger partial charge in [-0.3, -0.25) is 4.57 Å². The van der Waals surface area contributed by atoms with Crippen LogP contribution in [0.3, 0.4) is 0 Å². The molecule has 0 aliphatic heterocycles. The molecule has 0 aliphatic rings. The predicted octanol–water partition coefficient (Wildman–Crippen LogP) is 3.33. The lowest BCUT2D eigenvalue weighted by molar-refractivity contribution is 0.559. The number of aromatic nitrogens is 3. The van der Waals surface area contributed by atoms with Gasteiger partial charge in [0.2, 0.25) is 0 Å². The van der Waals surface area contributed by atoms with Crippen molar-refractivity contribution >= 4 is 22.7 Å². The Bertz CT molecular complexity index is 987. The van der Waals surface area contributed by atoms with Gasteiger partial charge in [-0.05, 0) is 30.0 Å². The van der Waals surface area contributed by atoms with E-state index in [1.54, 1.807) is 4.57 Å². The average molecular weight is 359 g/mol. The molecule has 0 atom stereocenters. The van der Waals surface area contributed by atoms with Crippen LogP contribution in [0.4, 0.5) is 0 Å². The first kappa shape index (κ1) is 17.5. The third-order valence-corrected chi connectivity index (χ3v) is 5.14. The highest BCUT2D eigenvalue weighted by Gasteiger charge is 2.11. The number of thioether (sulfide) groups is 1. The summed E-state index contributed by atoms with van der Waals surface area (Å²) in [5.41, 5.74) is 2.06. The van der Waals surface area contributed by atoms with E-state index in [1.165, 1.54) is 17.8 Å². The van der Waals surface area contributed by atoms with Crippen molar-refractivity contribution in [2.45, 2.75) is 50.6 Å². The number of hydrogen-bond acceptors (Lipinski definition) is 5. The Morgan fingerprint density at radius 3 is 2.84 bits per heavy atom. The molecular weight excluding hydrogens is 338 g/mol. The second-order valence-corrected chi connectivity index (χ2v) is 6.82. The number of nitrogens with zero attached hydrogens (tertiary/aromatic N) is 2. The zero-order chi connectivity index (χ0) is 17.8. The fourth-order valence-corrected chi connectivity index (χ4v) is 3.65. The first-order valence-electron chi connectivity index (χ1n) is 8.46. The number of nitrogens with one attached hydrogen (secondary N) is 1. The summed E-state index contributed by atoms with van der Waals surface area (Å²) in [5, 5.41) is 8.17. The maximum Gasteiger partial charge on any atom is 0.343 e. The summed E-state index contributed by atoms with van der Waals surface area (Å²) in [7, 11) is 0. The molecule has 0 spiro atoms. The van der Waals surface area contributed by atoms with Crippen LogP contribution in [0.25, 0.3) is 11.0 Å². The molecule has 0 saturated heterocycles. The third-order valence-electron chi connectivity index (χ3n) is 4.12. The lowest BCUT2D eigenvalue weighted by atomic mass is 10.1. The number of H-pyrrole nitrogens is 1. The Morgan fingerprint density at radius 2 is 2.08 bits per heavy atom. The van der Waals surface area contributed by atoms with Crippen LogP contribution in [0, 0.1) is 0 Å². The number of benzene rings is 1. The van der Waals surface area contributed by atoms with Crippen molar-refractivity contribution in [1.82, 2.24) is 14.8 Å². The molecule has 1 N–H and O–H groups in total. The van der Waals surface area contributed by atoms with Gasteiger partial charge in [-0.25, -0.2) is 14.7 Å². The van der Waals surface area contributed by atoms with Gasteiger partial charge in [-0.1, -0.05) is 44.2 Å². The van der Waals surface area contributed by atoms with Crippen molar-refractivity contribution in [1.29, 1.82) is 0 Å². The summed E-state index contributed by atoms with van der Waals surface area (Å²) in [6.07, 6.45) is 2.81. The number of rotatable bonds is 7. The lowest BCUT2D eigenvalue weighted by Crippen LogP contribution is -2.17. The number of unbranched alkanes of at least 4 members (excludes halogenated alkanes) is 1. The molecule has 0 radical (unpaired) electrons. The van der Waals surface area contributed by atoms with E-state index in [2.05, 4.69) is 24.0 Å². The molecule has 3 aromatic rings. The van der Waals surface area contributed by atoms with Gasteiger partial charge in [0.25, 0.3) is 0 Å². The minimum atomic E-state index is -0.359. The van der Waals surface area contributed by atoms with E-state index < -0.39 is 0 Å². The Labute approximate surface area is 149 Å². The van der Waals surface area contributed by atoms with Crippen molar-refractivity contribution < 1.29 is 4.42 Å². The maximum atomic E-state index is 11.9. The molecule has 2 aromatic heterocycles. The van der Waals surface area contributed by atoms with Gasteiger partial charge in [0.1, 0.15) is 5.58 Å². The van der Waals surface area contributed by atoms with Gasteiger partial charge < -0.3 is 4.42 Å². The average Bonchev–Trinajstić information content (AvgIpc) is 2.96. The Morgan fingerprint density at radius 1 is 1.24 bits per heavy atom. The topological polar surface area (TPSA) is 80.9 Å². The maximum absolute atomic E-state index is 11.9. The second kappa shape index (κ2) is 7.74. The standard InChI is InChI=1S/C18H21N3O3S/c1-3-5-8-21-17(23)19-20-18(21)25-11-13-10-16(22)24-15-9-12(4-2)6-7-14(13)15/h6-7,9-10H,3-5,8,11H2,1-2H3,(H,19,23). The molecule has 3 rings (SSSR count). The van der Waals surface area contributed by atoms with Crippen molar-refractivity contribution in [2.24, 2.45) is 0 Å². The first-order chi connectivity index (χ1) is 12.1. The van der Waals surface area contributed by atoms with Crippen molar-refractivity contribution in [3.05, 3.63) is 56.3 Å². The molecule has 0 aliphatic carbocycles. The van der Waals surface area contributed by atoms with Crippen molar-refractivity contribution in [2.75, 3.05) is 0 Å². The lowest BCUT2D eigenvalue weighted by Gasteiger charge is -2.07. The Balaban J connectivity index is 1.89. The van der Waals surface area contributed by atoms with Crippen LogP contribution in [0.5, 0.6) is 0 Å². The quantitative estimate of drug-likeness (QED) is 0.517. The number of aromatic amines is 1. The normalized spacial score (nSPS) is 11.3. The van der Waals surface area contributed by atoms with E-state index >= 15 is 0 Å². The van der Waals surface area contributed by atoms with E-state index in [-0.39, 0.29) is 11.3 Å². The SMILES string of the molecule is CCCCn1c(SCc2cc(=O)oc3cc(CC)ccc23)n[nH]c1=O. The van der Waals surface area contributed by atoms with Gasteiger partial charge in [0.05, 0.1) is 0 Å². The highest BCUT2D eigenvalue weighted by molar-refractivity contribution is 7.98. The summed E-state index contributed by atoms with van der Waals surface area (Å²) >= 11 is 1.44. The molecule has 1 aromatic carbocycles. The van der Waals surface area contributed by atoms with Gasteiger partial charge in [-0.15, -0.1) is 5.10 Å². The molecule has 0 amide bonds. The molecule has 0 bridgehead atoms. The Kier molecular flexibility index (Phi) is 5.43. The monoisotopic (exact) mass is 359 g/mol. The molecular formula is C18H21N3O3S. The molecule has 2 heterocycles. The number of fused-ring (bicyclic) bond motifs is 1. The van der Waals surface area contributed by atoms with Gasteiger partial charge in [-0.2, -0.15) is 0 Å². The van der Waals surface area contributed by atoms with Gasteiger partial charge >= 0.3 is 11.3 Å². The van der Waals surface area contributed by atoms with E-state index in [0.717, 1.165) is 35.8 Å². The molecule has 0 unspecified atom stereocenters. The Hall–Kier alpha value is -2.28. The van der Waals surface area contributed by atoms with Crippen molar-refractivity contribution in [3.8, 4) is 0 Å². The van der Waals surface area contributed by atoms with Crippen LogP contribution in [0.1, 0.15) is 37.8 Å². The second-order valence-electron chi connectivity index (χ2n) is 5.88. The zero-order valence-corrected chi connectivity index (χ0v) is 15.2. The predicted molar refractivity (Wildman–Crippen MR) is 99.2 cm³/mol. The fraction of sp³-hybridized carbons (Fsp3) is 0.389. The van der Waals surface area contributed by atoms with Crippen LogP contribution in [0.15, 0.2) is 43.4 Å². The summed E-state index contributed by atoms with van der Waals surface area (Å²) in [6.45, 7) is 4.79. The van der Waals surface area contributed by atoms with Gasteiger partial charge in [0.15, 0.2) is 5.16 Å². The van der Waals surface area contributed by atoms with E-state index in [9.17, 15) is 9.59 Å². The van der Waals surface area contributed by atoms with Crippen LogP contribution < -0.4 is 11.3 Å². The highest BCUT2D eigenvalue weighted by Crippen LogP contribution is 2.25. The highest BCUT2D eigenvalue weighted by atomic mass is 32.2. The van der Waals surface area contributed by atoms with E-state index in [0.29, 0.717) is 23.0 Å². The number of aryl methyl sites for hydroxylation is 1. The molecule has 0 saturated carbocycles. The summed E-state index contributed by atoms with van der Waals surface area (Å²) < 4.78 is 6.99. The molecule has 0 fully saturated rings. The number of hydrogen-bond donors (Lipinski definition) is 1. The third kappa shape index (κ3) is 3.87. The summed E-state index contributed by atoms with van der Waals surface area (Å²) in [5.74, 6) is 0.546. The molecule has 25 heavy (non-hydrogen) atoms. The van der Waals surface area contributed by atoms with Gasteiger partial charge in [0, 0.05) is 23.8 Å².